The number of halogens is 1. The van der Waals surface area contributed by atoms with E-state index in [4.69, 9.17) is 4.74 Å². The summed E-state index contributed by atoms with van der Waals surface area (Å²) in [6.45, 7) is 1.74. The smallest absolute Gasteiger partial charge is 0.173 e. The van der Waals surface area contributed by atoms with Crippen LogP contribution in [0.4, 0.5) is 0 Å². The van der Waals surface area contributed by atoms with Gasteiger partial charge in [-0.25, -0.2) is 0 Å². The molecule has 1 rings (SSSR count). The van der Waals surface area contributed by atoms with Crippen molar-refractivity contribution < 1.29 is 14.3 Å². The lowest BCUT2D eigenvalue weighted by molar-refractivity contribution is -0.117. The summed E-state index contributed by atoms with van der Waals surface area (Å²) in [4.78, 5) is 23.0. The van der Waals surface area contributed by atoms with Gasteiger partial charge in [0, 0.05) is 10.9 Å². The Labute approximate surface area is 103 Å². The minimum absolute atomic E-state index is 0.0629. The van der Waals surface area contributed by atoms with Crippen LogP contribution in [0.2, 0.25) is 0 Å². The van der Waals surface area contributed by atoms with Gasteiger partial charge in [0.25, 0.3) is 0 Å². The van der Waals surface area contributed by atoms with Gasteiger partial charge >= 0.3 is 0 Å². The lowest BCUT2D eigenvalue weighted by Gasteiger charge is -2.07. The number of methoxy groups -OCH3 is 1. The van der Waals surface area contributed by atoms with Crippen LogP contribution in [0.1, 0.15) is 30.1 Å². The first-order chi connectivity index (χ1) is 7.58. The van der Waals surface area contributed by atoms with Gasteiger partial charge in [-0.3, -0.25) is 9.59 Å². The SMILES string of the molecule is CCC(=O)CC(=O)c1cc(Br)ccc1OC. The molecule has 0 saturated carbocycles. The minimum Gasteiger partial charge on any atom is -0.496 e. The monoisotopic (exact) mass is 284 g/mol. The quantitative estimate of drug-likeness (QED) is 0.617. The molecule has 0 spiro atoms. The molecule has 0 aliphatic rings. The second-order valence-corrected chi connectivity index (χ2v) is 4.25. The van der Waals surface area contributed by atoms with Crippen LogP contribution >= 0.6 is 15.9 Å². The van der Waals surface area contributed by atoms with E-state index in [1.165, 1.54) is 7.11 Å². The Hall–Kier alpha value is -1.16. The van der Waals surface area contributed by atoms with Gasteiger partial charge < -0.3 is 4.74 Å². The first-order valence-corrected chi connectivity index (χ1v) is 5.76. The van der Waals surface area contributed by atoms with Crippen LogP contribution in [0.15, 0.2) is 22.7 Å². The summed E-state index contributed by atoms with van der Waals surface area (Å²) >= 11 is 3.28. The van der Waals surface area contributed by atoms with Crippen LogP contribution in [0.25, 0.3) is 0 Å². The Balaban J connectivity index is 2.97. The van der Waals surface area contributed by atoms with Crippen LogP contribution in [-0.2, 0) is 4.79 Å². The van der Waals surface area contributed by atoms with E-state index >= 15 is 0 Å². The normalized spacial score (nSPS) is 9.94. The maximum Gasteiger partial charge on any atom is 0.173 e. The highest BCUT2D eigenvalue weighted by Crippen LogP contribution is 2.24. The Bertz CT molecular complexity index is 413. The Morgan fingerprint density at radius 1 is 1.38 bits per heavy atom. The molecule has 16 heavy (non-hydrogen) atoms. The zero-order valence-electron chi connectivity index (χ0n) is 9.25. The van der Waals surface area contributed by atoms with Crippen molar-refractivity contribution in [3.63, 3.8) is 0 Å². The van der Waals surface area contributed by atoms with E-state index in [1.807, 2.05) is 0 Å². The van der Waals surface area contributed by atoms with E-state index in [9.17, 15) is 9.59 Å². The van der Waals surface area contributed by atoms with E-state index < -0.39 is 0 Å². The maximum atomic E-state index is 11.8. The maximum absolute atomic E-state index is 11.8. The van der Waals surface area contributed by atoms with Gasteiger partial charge in [-0.1, -0.05) is 22.9 Å². The molecular weight excluding hydrogens is 272 g/mol. The highest BCUT2D eigenvalue weighted by atomic mass is 79.9. The zero-order valence-corrected chi connectivity index (χ0v) is 10.8. The highest BCUT2D eigenvalue weighted by Gasteiger charge is 2.15. The molecule has 1 aromatic rings. The largest absolute Gasteiger partial charge is 0.496 e. The summed E-state index contributed by atoms with van der Waals surface area (Å²) in [6, 6.07) is 5.16. The Morgan fingerprint density at radius 2 is 2.06 bits per heavy atom. The van der Waals surface area contributed by atoms with Crippen LogP contribution in [0, 0.1) is 0 Å². The lowest BCUT2D eigenvalue weighted by atomic mass is 10.0. The zero-order chi connectivity index (χ0) is 12.1. The molecule has 0 bridgehead atoms. The number of carbonyl (C=O) groups is 2. The number of ketones is 2. The van der Waals surface area contributed by atoms with Gasteiger partial charge in [0.2, 0.25) is 0 Å². The van der Waals surface area contributed by atoms with Gasteiger partial charge in [0.1, 0.15) is 11.5 Å². The molecule has 3 nitrogen and oxygen atoms in total. The third-order valence-electron chi connectivity index (χ3n) is 2.21. The van der Waals surface area contributed by atoms with Crippen molar-refractivity contribution in [2.45, 2.75) is 19.8 Å². The van der Waals surface area contributed by atoms with E-state index in [-0.39, 0.29) is 18.0 Å². The number of hydrogen-bond donors (Lipinski definition) is 0. The topological polar surface area (TPSA) is 43.4 Å². The molecule has 0 atom stereocenters. The molecule has 0 heterocycles. The summed E-state index contributed by atoms with van der Waals surface area (Å²) in [5, 5.41) is 0. The minimum atomic E-state index is -0.204. The molecule has 4 heteroatoms. The number of hydrogen-bond acceptors (Lipinski definition) is 3. The fourth-order valence-corrected chi connectivity index (χ4v) is 1.66. The van der Waals surface area contributed by atoms with Gasteiger partial charge in [-0.2, -0.15) is 0 Å². The van der Waals surface area contributed by atoms with E-state index in [2.05, 4.69) is 15.9 Å². The standard InChI is InChI=1S/C12H13BrO3/c1-3-9(14)7-11(15)10-6-8(13)4-5-12(10)16-2/h4-6H,3,7H2,1-2H3. The number of rotatable bonds is 5. The molecular formula is C12H13BrO3. The van der Waals surface area contributed by atoms with Gasteiger partial charge in [-0.15, -0.1) is 0 Å². The average molecular weight is 285 g/mol. The van der Waals surface area contributed by atoms with Gasteiger partial charge in [0.05, 0.1) is 19.1 Å². The van der Waals surface area contributed by atoms with Crippen LogP contribution in [0.3, 0.4) is 0 Å². The molecule has 86 valence electrons. The third kappa shape index (κ3) is 3.17. The molecule has 0 unspecified atom stereocenters. The summed E-state index contributed by atoms with van der Waals surface area (Å²) < 4.78 is 5.88. The predicted octanol–water partition coefficient (Wildman–Crippen LogP) is 3.01. The molecule has 0 aliphatic heterocycles. The number of benzene rings is 1. The molecule has 0 saturated heterocycles. The lowest BCUT2D eigenvalue weighted by Crippen LogP contribution is -2.08. The number of ether oxygens (including phenoxy) is 1. The summed E-state index contributed by atoms with van der Waals surface area (Å²) in [5.74, 6) is 0.231. The Kier molecular flexibility index (Phi) is 4.68. The summed E-state index contributed by atoms with van der Waals surface area (Å²) in [6.07, 6.45) is 0.311. The third-order valence-corrected chi connectivity index (χ3v) is 2.71. The second kappa shape index (κ2) is 5.80. The highest BCUT2D eigenvalue weighted by molar-refractivity contribution is 9.10. The summed E-state index contributed by atoms with van der Waals surface area (Å²) in [5.41, 5.74) is 0.443. The van der Waals surface area contributed by atoms with Crippen molar-refractivity contribution in [2.24, 2.45) is 0 Å². The van der Waals surface area contributed by atoms with Crippen LogP contribution < -0.4 is 4.74 Å². The van der Waals surface area contributed by atoms with Crippen molar-refractivity contribution in [3.05, 3.63) is 28.2 Å². The molecule has 0 radical (unpaired) electrons. The van der Waals surface area contributed by atoms with Crippen molar-refractivity contribution in [1.82, 2.24) is 0 Å². The molecule has 0 aromatic heterocycles. The fourth-order valence-electron chi connectivity index (χ4n) is 1.30. The van der Waals surface area contributed by atoms with Crippen molar-refractivity contribution >= 4 is 27.5 Å². The van der Waals surface area contributed by atoms with E-state index in [1.54, 1.807) is 25.1 Å². The van der Waals surface area contributed by atoms with Crippen molar-refractivity contribution in [2.75, 3.05) is 7.11 Å². The van der Waals surface area contributed by atoms with Gasteiger partial charge in [0.15, 0.2) is 5.78 Å². The molecule has 1 aromatic carbocycles. The van der Waals surface area contributed by atoms with Crippen molar-refractivity contribution in [3.8, 4) is 5.75 Å². The summed E-state index contributed by atoms with van der Waals surface area (Å²) in [7, 11) is 1.50. The second-order valence-electron chi connectivity index (χ2n) is 3.34. The first-order valence-electron chi connectivity index (χ1n) is 4.97. The predicted molar refractivity (Wildman–Crippen MR) is 64.9 cm³/mol. The number of carbonyl (C=O) groups excluding carboxylic acids is 2. The van der Waals surface area contributed by atoms with Crippen LogP contribution in [0.5, 0.6) is 5.75 Å². The first kappa shape index (κ1) is 12.9. The number of Topliss-reactive ketones (excluding diaryl/α,β-unsaturated/α-hetero) is 2. The van der Waals surface area contributed by atoms with Gasteiger partial charge in [-0.05, 0) is 18.2 Å². The Morgan fingerprint density at radius 3 is 2.62 bits per heavy atom. The van der Waals surface area contributed by atoms with Crippen molar-refractivity contribution in [1.29, 1.82) is 0 Å². The average Bonchev–Trinajstić information content (AvgIpc) is 2.28. The molecule has 0 amide bonds. The molecule has 0 aliphatic carbocycles. The van der Waals surface area contributed by atoms with E-state index in [0.29, 0.717) is 17.7 Å². The van der Waals surface area contributed by atoms with Crippen LogP contribution in [-0.4, -0.2) is 18.7 Å². The molecule has 0 fully saturated rings. The molecule has 0 N–H and O–H groups in total. The van der Waals surface area contributed by atoms with E-state index in [0.717, 1.165) is 4.47 Å². The fraction of sp³-hybridized carbons (Fsp3) is 0.333.